The fourth-order valence-corrected chi connectivity index (χ4v) is 2.11. The fourth-order valence-electron chi connectivity index (χ4n) is 2.11. The van der Waals surface area contributed by atoms with Crippen molar-refractivity contribution in [2.45, 2.75) is 18.9 Å². The van der Waals surface area contributed by atoms with Gasteiger partial charge in [-0.2, -0.15) is 4.98 Å². The molecule has 6 nitrogen and oxygen atoms in total. The zero-order valence-electron chi connectivity index (χ0n) is 12.5. The van der Waals surface area contributed by atoms with Gasteiger partial charge in [-0.1, -0.05) is 6.07 Å². The predicted molar refractivity (Wildman–Crippen MR) is 79.5 cm³/mol. The van der Waals surface area contributed by atoms with Crippen LogP contribution in [-0.4, -0.2) is 36.2 Å². The minimum atomic E-state index is 0.0420. The number of aryl methyl sites for hydroxylation is 1. The van der Waals surface area contributed by atoms with Gasteiger partial charge in [0.15, 0.2) is 0 Å². The molecule has 1 atom stereocenters. The van der Waals surface area contributed by atoms with E-state index in [0.717, 1.165) is 24.2 Å². The van der Waals surface area contributed by atoms with Gasteiger partial charge in [-0.05, 0) is 32.0 Å². The first-order valence-corrected chi connectivity index (χ1v) is 6.80. The number of methoxy groups -OCH3 is 2. The van der Waals surface area contributed by atoms with Gasteiger partial charge in [0, 0.05) is 11.9 Å². The van der Waals surface area contributed by atoms with E-state index in [4.69, 9.17) is 9.47 Å². The number of hydrogen-bond acceptors (Lipinski definition) is 6. The fraction of sp³-hybridized carbons (Fsp3) is 0.400. The Hall–Kier alpha value is -2.21. The molecule has 112 valence electrons. The monoisotopic (exact) mass is 288 g/mol. The molecule has 0 spiro atoms. The number of pyridine rings is 1. The third kappa shape index (κ3) is 3.88. The summed E-state index contributed by atoms with van der Waals surface area (Å²) >= 11 is 0. The Balaban J connectivity index is 2.13. The van der Waals surface area contributed by atoms with Gasteiger partial charge < -0.3 is 14.8 Å². The average Bonchev–Trinajstić information content (AvgIpc) is 2.56. The molecule has 0 aliphatic rings. The van der Waals surface area contributed by atoms with Gasteiger partial charge in [0.25, 0.3) is 0 Å². The first-order chi connectivity index (χ1) is 10.3. The van der Waals surface area contributed by atoms with Crippen LogP contribution in [0.15, 0.2) is 30.6 Å². The molecule has 1 N–H and O–H groups in total. The lowest BCUT2D eigenvalue weighted by Gasteiger charge is -2.17. The maximum atomic E-state index is 5.31. The molecule has 0 aliphatic heterocycles. The summed E-state index contributed by atoms with van der Waals surface area (Å²) in [6.45, 7) is 0. The molecule has 0 radical (unpaired) electrons. The van der Waals surface area contributed by atoms with Gasteiger partial charge in [0.1, 0.15) is 5.69 Å². The first kappa shape index (κ1) is 15.2. The molecule has 0 aromatic carbocycles. The van der Waals surface area contributed by atoms with Gasteiger partial charge >= 0.3 is 0 Å². The van der Waals surface area contributed by atoms with Crippen LogP contribution in [0.4, 0.5) is 0 Å². The smallest absolute Gasteiger partial charge is 0.240 e. The summed E-state index contributed by atoms with van der Waals surface area (Å²) in [7, 11) is 5.03. The summed E-state index contributed by atoms with van der Waals surface area (Å²) in [6.07, 6.45) is 5.11. The van der Waals surface area contributed by atoms with Crippen molar-refractivity contribution in [3.05, 3.63) is 42.0 Å². The molecule has 2 aromatic heterocycles. The molecule has 0 saturated carbocycles. The van der Waals surface area contributed by atoms with Crippen LogP contribution in [0.25, 0.3) is 0 Å². The maximum Gasteiger partial charge on any atom is 0.240 e. The highest BCUT2D eigenvalue weighted by Gasteiger charge is 2.18. The van der Waals surface area contributed by atoms with E-state index in [1.807, 2.05) is 25.2 Å². The Morgan fingerprint density at radius 3 is 2.67 bits per heavy atom. The Morgan fingerprint density at radius 2 is 2.05 bits per heavy atom. The molecular weight excluding hydrogens is 268 g/mol. The molecule has 2 aromatic rings. The standard InChI is InChI=1S/C15H20N4O2/c1-16-12(8-7-11-6-4-5-9-17-11)14-15(21-3)19-13(20-2)10-18-14/h4-6,9-10,12,16H,7-8H2,1-3H3. The molecule has 0 bridgehead atoms. The highest BCUT2D eigenvalue weighted by molar-refractivity contribution is 5.25. The largest absolute Gasteiger partial charge is 0.480 e. The lowest BCUT2D eigenvalue weighted by atomic mass is 10.1. The van der Waals surface area contributed by atoms with Crippen LogP contribution in [0.1, 0.15) is 23.9 Å². The minimum absolute atomic E-state index is 0.0420. The van der Waals surface area contributed by atoms with Crippen LogP contribution in [0.2, 0.25) is 0 Å². The van der Waals surface area contributed by atoms with Gasteiger partial charge in [-0.15, -0.1) is 0 Å². The molecule has 1 unspecified atom stereocenters. The second kappa shape index (κ2) is 7.54. The molecule has 6 heteroatoms. The summed E-state index contributed by atoms with van der Waals surface area (Å²) in [5.74, 6) is 0.921. The number of hydrogen-bond donors (Lipinski definition) is 1. The van der Waals surface area contributed by atoms with Gasteiger partial charge in [0.05, 0.1) is 26.5 Å². The number of ether oxygens (including phenoxy) is 2. The van der Waals surface area contributed by atoms with Crippen molar-refractivity contribution in [2.75, 3.05) is 21.3 Å². The van der Waals surface area contributed by atoms with E-state index in [2.05, 4.69) is 20.3 Å². The van der Waals surface area contributed by atoms with Crippen molar-refractivity contribution in [1.82, 2.24) is 20.3 Å². The summed E-state index contributed by atoms with van der Waals surface area (Å²) < 4.78 is 10.4. The number of rotatable bonds is 7. The van der Waals surface area contributed by atoms with Gasteiger partial charge in [0.2, 0.25) is 11.8 Å². The van der Waals surface area contributed by atoms with Crippen molar-refractivity contribution >= 4 is 0 Å². The summed E-state index contributed by atoms with van der Waals surface area (Å²) in [5.41, 5.74) is 1.83. The minimum Gasteiger partial charge on any atom is -0.480 e. The van der Waals surface area contributed by atoms with Crippen molar-refractivity contribution in [3.63, 3.8) is 0 Å². The van der Waals surface area contributed by atoms with Gasteiger partial charge in [-0.3, -0.25) is 4.98 Å². The third-order valence-electron chi connectivity index (χ3n) is 3.24. The number of nitrogens with one attached hydrogen (secondary N) is 1. The summed E-state index contributed by atoms with van der Waals surface area (Å²) in [5, 5.41) is 3.25. The van der Waals surface area contributed by atoms with Crippen LogP contribution in [-0.2, 0) is 6.42 Å². The first-order valence-electron chi connectivity index (χ1n) is 6.80. The van der Waals surface area contributed by atoms with E-state index in [1.54, 1.807) is 26.6 Å². The van der Waals surface area contributed by atoms with Crippen molar-refractivity contribution in [1.29, 1.82) is 0 Å². The van der Waals surface area contributed by atoms with Crippen LogP contribution in [0.3, 0.4) is 0 Å². The highest BCUT2D eigenvalue weighted by Crippen LogP contribution is 2.25. The van der Waals surface area contributed by atoms with Crippen molar-refractivity contribution < 1.29 is 9.47 Å². The Morgan fingerprint density at radius 1 is 1.19 bits per heavy atom. The second-order valence-corrected chi connectivity index (χ2v) is 4.51. The molecule has 0 aliphatic carbocycles. The zero-order chi connectivity index (χ0) is 15.1. The third-order valence-corrected chi connectivity index (χ3v) is 3.24. The SMILES string of the molecule is CNC(CCc1ccccn1)c1ncc(OC)nc1OC. The second-order valence-electron chi connectivity index (χ2n) is 4.51. The number of aromatic nitrogens is 3. The van der Waals surface area contributed by atoms with E-state index in [9.17, 15) is 0 Å². The van der Waals surface area contributed by atoms with E-state index >= 15 is 0 Å². The average molecular weight is 288 g/mol. The van der Waals surface area contributed by atoms with E-state index in [1.165, 1.54) is 0 Å². The van der Waals surface area contributed by atoms with Crippen LogP contribution < -0.4 is 14.8 Å². The normalized spacial score (nSPS) is 12.0. The molecule has 2 heterocycles. The molecule has 0 amide bonds. The Bertz CT molecular complexity index is 563. The lowest BCUT2D eigenvalue weighted by Crippen LogP contribution is -2.20. The molecule has 0 fully saturated rings. The molecule has 2 rings (SSSR count). The maximum absolute atomic E-state index is 5.31. The highest BCUT2D eigenvalue weighted by atomic mass is 16.5. The van der Waals surface area contributed by atoms with Gasteiger partial charge in [-0.25, -0.2) is 4.98 Å². The zero-order valence-corrected chi connectivity index (χ0v) is 12.5. The Labute approximate surface area is 124 Å². The molecule has 0 saturated heterocycles. The summed E-state index contributed by atoms with van der Waals surface area (Å²) in [4.78, 5) is 13.0. The van der Waals surface area contributed by atoms with Crippen molar-refractivity contribution in [3.8, 4) is 11.8 Å². The van der Waals surface area contributed by atoms with Crippen LogP contribution >= 0.6 is 0 Å². The predicted octanol–water partition coefficient (Wildman–Crippen LogP) is 1.78. The van der Waals surface area contributed by atoms with E-state index in [-0.39, 0.29) is 6.04 Å². The lowest BCUT2D eigenvalue weighted by molar-refractivity contribution is 0.349. The van der Waals surface area contributed by atoms with E-state index < -0.39 is 0 Å². The van der Waals surface area contributed by atoms with Crippen LogP contribution in [0, 0.1) is 0 Å². The summed E-state index contributed by atoms with van der Waals surface area (Å²) in [6, 6.07) is 5.96. The van der Waals surface area contributed by atoms with E-state index in [0.29, 0.717) is 11.8 Å². The quantitative estimate of drug-likeness (QED) is 0.837. The molecule has 21 heavy (non-hydrogen) atoms. The topological polar surface area (TPSA) is 69.2 Å². The van der Waals surface area contributed by atoms with Crippen molar-refractivity contribution in [2.24, 2.45) is 0 Å². The van der Waals surface area contributed by atoms with Crippen LogP contribution in [0.5, 0.6) is 11.8 Å². The Kier molecular flexibility index (Phi) is 5.45. The molecular formula is C15H20N4O2. The number of nitrogens with zero attached hydrogens (tertiary/aromatic N) is 3.